The standard InChI is InChI=1S/C23H16N2O5/c26-21-18-6-2-3-7-19(18)22(27)25(21)24-13-17-5-1-4-8-20(17)30-14-15-9-11-16(12-10-15)23(28)29/h1-13H,14H2,(H,28,29)/b24-13-. The van der Waals surface area contributed by atoms with E-state index in [1.807, 2.05) is 0 Å². The average Bonchev–Trinajstić information content (AvgIpc) is 3.02. The Labute approximate surface area is 171 Å². The van der Waals surface area contributed by atoms with E-state index < -0.39 is 17.8 Å². The molecule has 1 N–H and O–H groups in total. The summed E-state index contributed by atoms with van der Waals surface area (Å²) in [5.74, 6) is -1.41. The van der Waals surface area contributed by atoms with Crippen LogP contribution in [-0.2, 0) is 6.61 Å². The lowest BCUT2D eigenvalue weighted by Crippen LogP contribution is -2.24. The highest BCUT2D eigenvalue weighted by molar-refractivity contribution is 6.21. The fraction of sp³-hybridized carbons (Fsp3) is 0.0435. The summed E-state index contributed by atoms with van der Waals surface area (Å²) >= 11 is 0. The number of aromatic carboxylic acids is 1. The monoisotopic (exact) mass is 400 g/mol. The van der Waals surface area contributed by atoms with Crippen molar-refractivity contribution in [1.29, 1.82) is 0 Å². The first-order valence-electron chi connectivity index (χ1n) is 9.10. The smallest absolute Gasteiger partial charge is 0.335 e. The van der Waals surface area contributed by atoms with E-state index >= 15 is 0 Å². The molecule has 1 heterocycles. The fourth-order valence-corrected chi connectivity index (χ4v) is 3.02. The number of rotatable bonds is 6. The van der Waals surface area contributed by atoms with Gasteiger partial charge in [-0.2, -0.15) is 10.1 Å². The molecule has 7 heteroatoms. The Morgan fingerprint density at radius 1 is 0.900 bits per heavy atom. The van der Waals surface area contributed by atoms with Crippen LogP contribution >= 0.6 is 0 Å². The zero-order valence-electron chi connectivity index (χ0n) is 15.7. The molecule has 0 saturated heterocycles. The lowest BCUT2D eigenvalue weighted by Gasteiger charge is -2.10. The SMILES string of the molecule is O=C(O)c1ccc(COc2ccccc2/C=N\N2C(=O)c3ccccc3C2=O)cc1. The van der Waals surface area contributed by atoms with Crippen molar-refractivity contribution in [1.82, 2.24) is 5.01 Å². The first-order valence-corrected chi connectivity index (χ1v) is 9.10. The Morgan fingerprint density at radius 3 is 2.13 bits per heavy atom. The minimum absolute atomic E-state index is 0.201. The van der Waals surface area contributed by atoms with E-state index in [0.29, 0.717) is 22.4 Å². The lowest BCUT2D eigenvalue weighted by atomic mass is 10.1. The maximum Gasteiger partial charge on any atom is 0.335 e. The van der Waals surface area contributed by atoms with E-state index in [1.54, 1.807) is 60.7 Å². The van der Waals surface area contributed by atoms with Gasteiger partial charge < -0.3 is 9.84 Å². The van der Waals surface area contributed by atoms with E-state index in [0.717, 1.165) is 10.6 Å². The van der Waals surface area contributed by atoms with E-state index in [2.05, 4.69) is 5.10 Å². The molecule has 1 aliphatic rings. The Hall–Kier alpha value is -4.26. The highest BCUT2D eigenvalue weighted by Gasteiger charge is 2.35. The summed E-state index contributed by atoms with van der Waals surface area (Å²) < 4.78 is 5.83. The second-order valence-corrected chi connectivity index (χ2v) is 6.54. The number of fused-ring (bicyclic) bond motifs is 1. The third-order valence-corrected chi connectivity index (χ3v) is 4.60. The molecule has 0 atom stereocenters. The molecule has 0 bridgehead atoms. The summed E-state index contributed by atoms with van der Waals surface area (Å²) in [6.07, 6.45) is 1.41. The molecule has 3 aromatic carbocycles. The van der Waals surface area contributed by atoms with E-state index in [9.17, 15) is 14.4 Å². The van der Waals surface area contributed by atoms with Crippen LogP contribution in [0.25, 0.3) is 0 Å². The number of hydrazone groups is 1. The van der Waals surface area contributed by atoms with Crippen LogP contribution in [0.1, 0.15) is 42.2 Å². The number of amides is 2. The second kappa shape index (κ2) is 8.00. The largest absolute Gasteiger partial charge is 0.488 e. The summed E-state index contributed by atoms with van der Waals surface area (Å²) in [4.78, 5) is 35.8. The number of carbonyl (C=O) groups is 3. The number of carboxylic acids is 1. The molecule has 0 unspecified atom stereocenters. The Bertz CT molecular complexity index is 1130. The van der Waals surface area contributed by atoms with Crippen LogP contribution in [0.4, 0.5) is 0 Å². The maximum atomic E-state index is 12.4. The van der Waals surface area contributed by atoms with Crippen LogP contribution in [0.3, 0.4) is 0 Å². The predicted molar refractivity (Wildman–Crippen MR) is 109 cm³/mol. The minimum Gasteiger partial charge on any atom is -0.488 e. The highest BCUT2D eigenvalue weighted by Crippen LogP contribution is 2.23. The molecule has 0 aliphatic carbocycles. The van der Waals surface area contributed by atoms with E-state index in [-0.39, 0.29) is 12.2 Å². The first-order chi connectivity index (χ1) is 14.5. The molecule has 1 aliphatic heterocycles. The van der Waals surface area contributed by atoms with Gasteiger partial charge in [0, 0.05) is 5.56 Å². The van der Waals surface area contributed by atoms with Crippen molar-refractivity contribution < 1.29 is 24.2 Å². The maximum absolute atomic E-state index is 12.4. The number of ether oxygens (including phenoxy) is 1. The molecule has 0 fully saturated rings. The Balaban J connectivity index is 1.49. The van der Waals surface area contributed by atoms with Gasteiger partial charge in [-0.25, -0.2) is 4.79 Å². The van der Waals surface area contributed by atoms with Gasteiger partial charge in [0.1, 0.15) is 12.4 Å². The quantitative estimate of drug-likeness (QED) is 0.504. The van der Waals surface area contributed by atoms with Gasteiger partial charge >= 0.3 is 5.97 Å². The number of carbonyl (C=O) groups excluding carboxylic acids is 2. The fourth-order valence-electron chi connectivity index (χ4n) is 3.02. The van der Waals surface area contributed by atoms with Gasteiger partial charge in [-0.15, -0.1) is 0 Å². The van der Waals surface area contributed by atoms with Gasteiger partial charge in [-0.1, -0.05) is 36.4 Å². The zero-order chi connectivity index (χ0) is 21.1. The van der Waals surface area contributed by atoms with Gasteiger partial charge in [-0.3, -0.25) is 9.59 Å². The molecule has 0 spiro atoms. The normalized spacial score (nSPS) is 13.0. The average molecular weight is 400 g/mol. The molecule has 2 amide bonds. The summed E-state index contributed by atoms with van der Waals surface area (Å²) in [5.41, 5.74) is 2.25. The van der Waals surface area contributed by atoms with Gasteiger partial charge in [0.25, 0.3) is 11.8 Å². The van der Waals surface area contributed by atoms with Crippen molar-refractivity contribution in [2.24, 2.45) is 5.10 Å². The van der Waals surface area contributed by atoms with Crippen LogP contribution in [0.15, 0.2) is 77.9 Å². The summed E-state index contributed by atoms with van der Waals surface area (Å²) in [5, 5.41) is 13.9. The number of nitrogens with zero attached hydrogens (tertiary/aromatic N) is 2. The summed E-state index contributed by atoms with van der Waals surface area (Å²) in [6, 6.07) is 20.0. The summed E-state index contributed by atoms with van der Waals surface area (Å²) in [7, 11) is 0. The summed E-state index contributed by atoms with van der Waals surface area (Å²) in [6.45, 7) is 0.220. The molecule has 0 aromatic heterocycles. The number of hydrogen-bond acceptors (Lipinski definition) is 5. The van der Waals surface area contributed by atoms with E-state index in [4.69, 9.17) is 9.84 Å². The van der Waals surface area contributed by atoms with Gasteiger partial charge in [0.2, 0.25) is 0 Å². The number of carboxylic acid groups (broad SMARTS) is 1. The van der Waals surface area contributed by atoms with Crippen LogP contribution in [-0.4, -0.2) is 34.1 Å². The number of para-hydroxylation sites is 1. The Kier molecular flexibility index (Phi) is 5.09. The Morgan fingerprint density at radius 2 is 1.50 bits per heavy atom. The third-order valence-electron chi connectivity index (χ3n) is 4.60. The molecule has 30 heavy (non-hydrogen) atoms. The molecular weight excluding hydrogens is 384 g/mol. The predicted octanol–water partition coefficient (Wildman–Crippen LogP) is 3.59. The van der Waals surface area contributed by atoms with Crippen LogP contribution in [0, 0.1) is 0 Å². The van der Waals surface area contributed by atoms with E-state index in [1.165, 1.54) is 18.3 Å². The van der Waals surface area contributed by atoms with Crippen molar-refractivity contribution in [3.8, 4) is 5.75 Å². The van der Waals surface area contributed by atoms with Crippen molar-refractivity contribution in [3.05, 3.63) is 101 Å². The third kappa shape index (κ3) is 3.68. The molecule has 0 radical (unpaired) electrons. The van der Waals surface area contributed by atoms with Crippen molar-refractivity contribution in [2.45, 2.75) is 6.61 Å². The van der Waals surface area contributed by atoms with Crippen molar-refractivity contribution in [2.75, 3.05) is 0 Å². The molecule has 4 rings (SSSR count). The van der Waals surface area contributed by atoms with Gasteiger partial charge in [0.05, 0.1) is 22.9 Å². The minimum atomic E-state index is -0.989. The molecule has 148 valence electrons. The second-order valence-electron chi connectivity index (χ2n) is 6.54. The van der Waals surface area contributed by atoms with Crippen molar-refractivity contribution >= 4 is 24.0 Å². The highest BCUT2D eigenvalue weighted by atomic mass is 16.5. The van der Waals surface area contributed by atoms with Crippen LogP contribution < -0.4 is 4.74 Å². The molecule has 7 nitrogen and oxygen atoms in total. The topological polar surface area (TPSA) is 96.3 Å². The molecular formula is C23H16N2O5. The molecule has 0 saturated carbocycles. The number of imide groups is 1. The van der Waals surface area contributed by atoms with Crippen molar-refractivity contribution in [3.63, 3.8) is 0 Å². The first kappa shape index (κ1) is 19.1. The van der Waals surface area contributed by atoms with Crippen LogP contribution in [0.2, 0.25) is 0 Å². The van der Waals surface area contributed by atoms with Gasteiger partial charge in [0.15, 0.2) is 0 Å². The molecule has 3 aromatic rings. The number of hydrogen-bond donors (Lipinski definition) is 1. The van der Waals surface area contributed by atoms with Crippen LogP contribution in [0.5, 0.6) is 5.75 Å². The van der Waals surface area contributed by atoms with Gasteiger partial charge in [-0.05, 0) is 42.0 Å². The lowest BCUT2D eigenvalue weighted by molar-refractivity contribution is 0.0656. The zero-order valence-corrected chi connectivity index (χ0v) is 15.7. The number of benzene rings is 3.